The molecule has 360 valence electrons. The lowest BCUT2D eigenvalue weighted by Crippen LogP contribution is -2.10. The molecule has 4 N–H and O–H groups in total. The van der Waals surface area contributed by atoms with Crippen LogP contribution in [0.4, 0.5) is 0 Å². The number of carbonyl (C=O) groups excluding carboxylic acids is 1. The van der Waals surface area contributed by atoms with E-state index in [1.165, 1.54) is 48.9 Å². The smallest absolute Gasteiger partial charge is 0.162 e. The summed E-state index contributed by atoms with van der Waals surface area (Å²) in [6.07, 6.45) is 20.8. The summed E-state index contributed by atoms with van der Waals surface area (Å²) in [5.74, 6) is 2.89. The van der Waals surface area contributed by atoms with Gasteiger partial charge in [-0.2, -0.15) is 10.4 Å². The van der Waals surface area contributed by atoms with E-state index in [4.69, 9.17) is 33.0 Å². The second kappa shape index (κ2) is 25.2. The molecule has 0 radical (unpaired) electrons. The number of nitrogens with two attached hydrogens (primary N) is 2. The van der Waals surface area contributed by atoms with E-state index in [1.54, 1.807) is 38.0 Å². The molecule has 0 atom stereocenters. The summed E-state index contributed by atoms with van der Waals surface area (Å²) in [5.41, 5.74) is 24.7. The van der Waals surface area contributed by atoms with Gasteiger partial charge in [0.2, 0.25) is 0 Å². The maximum atomic E-state index is 12.0. The van der Waals surface area contributed by atoms with Gasteiger partial charge in [0.15, 0.2) is 5.78 Å². The predicted octanol–water partition coefficient (Wildman–Crippen LogP) is 12.3. The summed E-state index contributed by atoms with van der Waals surface area (Å²) in [6, 6.07) is 20.1. The van der Waals surface area contributed by atoms with Crippen molar-refractivity contribution < 1.29 is 4.79 Å². The number of aryl methyl sites for hydroxylation is 4. The quantitative estimate of drug-likeness (QED) is 0.0766. The van der Waals surface area contributed by atoms with Crippen LogP contribution in [-0.2, 0) is 44.1 Å². The summed E-state index contributed by atoms with van der Waals surface area (Å²) in [7, 11) is 3.65. The van der Waals surface area contributed by atoms with Crippen LogP contribution in [0.1, 0.15) is 139 Å². The molecule has 0 aliphatic heterocycles. The summed E-state index contributed by atoms with van der Waals surface area (Å²) in [4.78, 5) is 26.1. The van der Waals surface area contributed by atoms with Gasteiger partial charge < -0.3 is 20.4 Å². The van der Waals surface area contributed by atoms with Gasteiger partial charge in [0.25, 0.3) is 0 Å². The van der Waals surface area contributed by atoms with Gasteiger partial charge in [-0.05, 0) is 116 Å². The number of ketones is 1. The summed E-state index contributed by atoms with van der Waals surface area (Å²) in [6.45, 7) is 17.2. The summed E-state index contributed by atoms with van der Waals surface area (Å²) in [5, 5.41) is 14.4. The second-order valence-corrected chi connectivity index (χ2v) is 19.2. The lowest BCUT2D eigenvalue weighted by Gasteiger charge is -2.15. The molecule has 7 rings (SSSR count). The highest BCUT2D eigenvalue weighted by atomic mass is 35.5. The van der Waals surface area contributed by atoms with Crippen LogP contribution < -0.4 is 11.5 Å². The molecular formula is C56H73ClN10O. The number of rotatable bonds is 15. The molecule has 4 aromatic heterocycles. The Balaban J connectivity index is 0.000000222. The van der Waals surface area contributed by atoms with Crippen LogP contribution in [0.2, 0.25) is 5.02 Å². The van der Waals surface area contributed by atoms with E-state index in [0.717, 1.165) is 100 Å². The van der Waals surface area contributed by atoms with Crippen molar-refractivity contribution in [2.45, 2.75) is 132 Å². The van der Waals surface area contributed by atoms with E-state index in [9.17, 15) is 10.1 Å². The molecule has 12 heteroatoms. The maximum absolute atomic E-state index is 12.0. The molecule has 0 saturated heterocycles. The highest BCUT2D eigenvalue weighted by Crippen LogP contribution is 2.35. The number of aliphatic imine (C=N–C) groups is 1. The highest BCUT2D eigenvalue weighted by Gasteiger charge is 2.22. The van der Waals surface area contributed by atoms with Crippen molar-refractivity contribution in [3.63, 3.8) is 0 Å². The Morgan fingerprint density at radius 3 is 2.25 bits per heavy atom. The first-order valence-corrected chi connectivity index (χ1v) is 24.6. The molecule has 6 aromatic rings. The van der Waals surface area contributed by atoms with E-state index in [1.807, 2.05) is 62.0 Å². The number of carbonyl (C=O) groups is 1. The van der Waals surface area contributed by atoms with Gasteiger partial charge in [0, 0.05) is 78.8 Å². The number of nitrogens with zero attached hydrogens (tertiary/aromatic N) is 8. The fraction of sp³-hybridized carbons (Fsp3) is 0.429. The van der Waals surface area contributed by atoms with Gasteiger partial charge in [-0.1, -0.05) is 110 Å². The van der Waals surface area contributed by atoms with Gasteiger partial charge in [-0.3, -0.25) is 14.5 Å². The second-order valence-electron chi connectivity index (χ2n) is 18.8. The minimum absolute atomic E-state index is 0.0384. The first-order chi connectivity index (χ1) is 32.6. The Morgan fingerprint density at radius 1 is 1.00 bits per heavy atom. The van der Waals surface area contributed by atoms with Crippen molar-refractivity contribution in [2.24, 2.45) is 35.3 Å². The molecule has 0 bridgehead atoms. The third-order valence-electron chi connectivity index (χ3n) is 12.4. The Kier molecular flexibility index (Phi) is 19.5. The Labute approximate surface area is 410 Å². The van der Waals surface area contributed by atoms with Crippen molar-refractivity contribution in [1.29, 1.82) is 5.26 Å². The minimum atomic E-state index is -0.0384. The van der Waals surface area contributed by atoms with Crippen molar-refractivity contribution in [3.8, 4) is 28.6 Å². The highest BCUT2D eigenvalue weighted by molar-refractivity contribution is 6.31. The average Bonchev–Trinajstić information content (AvgIpc) is 4.01. The molecule has 0 spiro atoms. The largest absolute Gasteiger partial charge is 0.404 e. The molecule has 1 fully saturated rings. The number of imidazole rings is 2. The number of aromatic nitrogens is 6. The van der Waals surface area contributed by atoms with E-state index in [2.05, 4.69) is 84.9 Å². The van der Waals surface area contributed by atoms with Crippen molar-refractivity contribution in [3.05, 3.63) is 135 Å². The molecule has 4 heterocycles. The number of nitriles is 1. The number of benzene rings is 2. The van der Waals surface area contributed by atoms with E-state index in [0.29, 0.717) is 28.7 Å². The molecule has 11 nitrogen and oxygen atoms in total. The summed E-state index contributed by atoms with van der Waals surface area (Å²) >= 11 is 6.47. The van der Waals surface area contributed by atoms with E-state index < -0.39 is 0 Å². The minimum Gasteiger partial charge on any atom is -0.404 e. The molecule has 1 aliphatic carbocycles. The van der Waals surface area contributed by atoms with Gasteiger partial charge in [-0.25, -0.2) is 9.97 Å². The van der Waals surface area contributed by atoms with Crippen molar-refractivity contribution in [2.75, 3.05) is 7.05 Å². The molecule has 1 saturated carbocycles. The van der Waals surface area contributed by atoms with Crippen LogP contribution >= 0.6 is 11.6 Å². The van der Waals surface area contributed by atoms with E-state index >= 15 is 0 Å². The maximum Gasteiger partial charge on any atom is 0.162 e. The van der Waals surface area contributed by atoms with Gasteiger partial charge in [-0.15, -0.1) is 0 Å². The number of Topliss-reactive ketones (excluding diaryl/α,β-unsaturated/α-hetero) is 1. The number of halogens is 1. The normalized spacial score (nSPS) is 13.6. The van der Waals surface area contributed by atoms with Gasteiger partial charge in [0.05, 0.1) is 34.9 Å². The zero-order chi connectivity index (χ0) is 49.5. The number of fused-ring (bicyclic) bond motifs is 1. The zero-order valence-electron chi connectivity index (χ0n) is 42.1. The Hall–Kier alpha value is -6.25. The van der Waals surface area contributed by atoms with E-state index in [-0.39, 0.29) is 5.78 Å². The van der Waals surface area contributed by atoms with Crippen molar-refractivity contribution in [1.82, 2.24) is 28.7 Å². The van der Waals surface area contributed by atoms with Crippen molar-refractivity contribution >= 4 is 34.8 Å². The molecule has 0 amide bonds. The van der Waals surface area contributed by atoms with Crippen LogP contribution in [0.3, 0.4) is 0 Å². The first-order valence-electron chi connectivity index (χ1n) is 24.3. The SMILES string of the molecule is CC1CCCCC1.CCc1c(CCc2ccc(C(C)C)c(Cl)c2)nc2cc(/C(C(C)=O)=C(\C)N)ccn12.CN=C/C(=C\N)CCn1c(CC(C)C)nc(-c2cnn(C)c2)c1-c1ccc(C#N)cc1. The Morgan fingerprint density at radius 2 is 1.72 bits per heavy atom. The van der Waals surface area contributed by atoms with Gasteiger partial charge in [0.1, 0.15) is 11.5 Å². The van der Waals surface area contributed by atoms with Crippen LogP contribution in [0.5, 0.6) is 0 Å². The molecule has 1 aliphatic rings. The molecule has 2 aromatic carbocycles. The zero-order valence-corrected chi connectivity index (χ0v) is 42.9. The third kappa shape index (κ3) is 13.9. The molecule has 68 heavy (non-hydrogen) atoms. The first kappa shape index (κ1) is 52.7. The van der Waals surface area contributed by atoms with Crippen LogP contribution in [-0.4, -0.2) is 47.8 Å². The Bertz CT molecular complexity index is 2750. The number of allylic oxidation sites excluding steroid dienone is 3. The standard InChI is InChI=1S/C25H30ClN3O.C24H29N7.C7H14/c1-6-23-22(10-8-18-7-9-20(15(2)3)21(26)13-18)28-24-14-19(11-12-29(23)24)25(16(4)27)17(5)30;1-17(2)11-22-29-23(21-15-28-30(4)16-21)24(20-7-5-18(12-25)6-8-20)31(22)10-9-19(13-26)14-27-3;1-7-5-3-2-4-6-7/h7,9,11-15H,6,8,10,27H2,1-5H3;5-8,13-17H,9-11,26H2,1-4H3;7H,2-6H2,1H3/b25-16+;19-13-,27-14?;. The third-order valence-corrected chi connectivity index (χ3v) is 12.8. The topological polar surface area (TPSA) is 158 Å². The number of hydrogen-bond acceptors (Lipinski definition) is 8. The average molecular weight is 938 g/mol. The predicted molar refractivity (Wildman–Crippen MR) is 282 cm³/mol. The van der Waals surface area contributed by atoms with Gasteiger partial charge >= 0.3 is 0 Å². The molecular weight excluding hydrogens is 864 g/mol. The monoisotopic (exact) mass is 937 g/mol. The number of pyridine rings is 1. The lowest BCUT2D eigenvalue weighted by molar-refractivity contribution is -0.111. The van der Waals surface area contributed by atoms with Crippen LogP contribution in [0.25, 0.3) is 33.7 Å². The fourth-order valence-electron chi connectivity index (χ4n) is 8.95. The fourth-order valence-corrected chi connectivity index (χ4v) is 9.37. The van der Waals surface area contributed by atoms with Crippen LogP contribution in [0.15, 0.2) is 95.7 Å². The molecule has 0 unspecified atom stereocenters. The number of hydrogen-bond donors (Lipinski definition) is 2. The lowest BCUT2D eigenvalue weighted by atomic mass is 9.91. The summed E-state index contributed by atoms with van der Waals surface area (Å²) < 4.78 is 6.17. The van der Waals surface area contributed by atoms with Crippen LogP contribution in [0, 0.1) is 23.2 Å².